The fourth-order valence-corrected chi connectivity index (χ4v) is 2.86. The van der Waals surface area contributed by atoms with Crippen molar-refractivity contribution in [1.82, 2.24) is 0 Å². The van der Waals surface area contributed by atoms with Crippen LogP contribution in [0.4, 0.5) is 0 Å². The van der Waals surface area contributed by atoms with E-state index in [0.717, 1.165) is 24.2 Å². The summed E-state index contributed by atoms with van der Waals surface area (Å²) in [5, 5.41) is 0. The van der Waals surface area contributed by atoms with Crippen molar-refractivity contribution >= 4 is 0 Å². The van der Waals surface area contributed by atoms with Gasteiger partial charge in [-0.1, -0.05) is 46.5 Å². The quantitative estimate of drug-likeness (QED) is 0.509. The topological polar surface area (TPSA) is 9.23 Å². The van der Waals surface area contributed by atoms with E-state index in [9.17, 15) is 0 Å². The molecule has 0 unspecified atom stereocenters. The minimum Gasteiger partial charge on any atom is -0.365 e. The van der Waals surface area contributed by atoms with Gasteiger partial charge in [-0.3, -0.25) is 0 Å². The van der Waals surface area contributed by atoms with E-state index in [1.54, 1.807) is 0 Å². The summed E-state index contributed by atoms with van der Waals surface area (Å²) < 4.78 is 6.03. The molecule has 1 fully saturated rings. The third-order valence-electron chi connectivity index (χ3n) is 4.11. The van der Waals surface area contributed by atoms with Crippen molar-refractivity contribution in [3.05, 3.63) is 0 Å². The molecule has 3 atom stereocenters. The van der Waals surface area contributed by atoms with Crippen LogP contribution in [0, 0.1) is 29.6 Å². The van der Waals surface area contributed by atoms with Crippen LogP contribution in [-0.2, 0) is 4.74 Å². The summed E-state index contributed by atoms with van der Waals surface area (Å²) >= 11 is 0. The maximum atomic E-state index is 6.03. The first-order valence-electron chi connectivity index (χ1n) is 7.72. The van der Waals surface area contributed by atoms with Gasteiger partial charge in [0, 0.05) is 6.42 Å². The molecule has 1 rings (SSSR count). The molecule has 1 aliphatic rings. The number of hydrogen-bond acceptors (Lipinski definition) is 1. The van der Waals surface area contributed by atoms with E-state index in [4.69, 9.17) is 4.74 Å². The van der Waals surface area contributed by atoms with Crippen LogP contribution in [-0.4, -0.2) is 12.7 Å². The Morgan fingerprint density at radius 2 is 2.00 bits per heavy atom. The van der Waals surface area contributed by atoms with Gasteiger partial charge < -0.3 is 4.74 Å². The van der Waals surface area contributed by atoms with Gasteiger partial charge in [0.15, 0.2) is 0 Å². The monoisotopic (exact) mass is 250 g/mol. The van der Waals surface area contributed by atoms with E-state index in [1.807, 2.05) is 0 Å². The van der Waals surface area contributed by atoms with Crippen molar-refractivity contribution in [1.29, 1.82) is 0 Å². The van der Waals surface area contributed by atoms with E-state index in [-0.39, 0.29) is 0 Å². The van der Waals surface area contributed by atoms with E-state index in [0.29, 0.717) is 12.7 Å². The highest BCUT2D eigenvalue weighted by Gasteiger charge is 2.30. The Morgan fingerprint density at radius 1 is 1.22 bits per heavy atom. The third kappa shape index (κ3) is 5.44. The highest BCUT2D eigenvalue weighted by atomic mass is 16.5. The predicted octanol–water partition coefficient (Wildman–Crippen LogP) is 4.66. The van der Waals surface area contributed by atoms with Crippen molar-refractivity contribution < 1.29 is 4.74 Å². The normalized spacial score (nSPS) is 27.9. The van der Waals surface area contributed by atoms with Crippen LogP contribution >= 0.6 is 0 Å². The number of rotatable bonds is 5. The lowest BCUT2D eigenvalue weighted by atomic mass is 9.75. The second kappa shape index (κ2) is 8.59. The van der Waals surface area contributed by atoms with Crippen LogP contribution < -0.4 is 0 Å². The first-order valence-corrected chi connectivity index (χ1v) is 7.72. The van der Waals surface area contributed by atoms with Crippen LogP contribution in [0.2, 0.25) is 0 Å². The van der Waals surface area contributed by atoms with Gasteiger partial charge in [-0.25, -0.2) is 0 Å². The molecule has 0 radical (unpaired) electrons. The first kappa shape index (κ1) is 15.6. The third-order valence-corrected chi connectivity index (χ3v) is 4.11. The highest BCUT2D eigenvalue weighted by Crippen LogP contribution is 2.35. The highest BCUT2D eigenvalue weighted by molar-refractivity contribution is 4.99. The van der Waals surface area contributed by atoms with Crippen molar-refractivity contribution in [3.63, 3.8) is 0 Å². The Bertz CT molecular complexity index is 271. The fraction of sp³-hybridized carbons (Fsp3) is 0.882. The molecule has 0 bridgehead atoms. The largest absolute Gasteiger partial charge is 0.365 e. The Balaban J connectivity index is 2.33. The molecule has 1 aliphatic carbocycles. The lowest BCUT2D eigenvalue weighted by molar-refractivity contribution is -0.0241. The molecule has 0 aromatic rings. The number of hydrogen-bond donors (Lipinski definition) is 0. The summed E-state index contributed by atoms with van der Waals surface area (Å²) in [5.41, 5.74) is 0. The molecule has 0 amide bonds. The summed E-state index contributed by atoms with van der Waals surface area (Å²) in [6, 6.07) is 0. The van der Waals surface area contributed by atoms with Gasteiger partial charge in [0.05, 0.1) is 6.10 Å². The molecule has 1 nitrogen and oxygen atoms in total. The fourth-order valence-electron chi connectivity index (χ4n) is 2.86. The van der Waals surface area contributed by atoms with Gasteiger partial charge >= 0.3 is 0 Å². The van der Waals surface area contributed by atoms with Crippen molar-refractivity contribution in [2.75, 3.05) is 6.61 Å². The molecule has 104 valence electrons. The Morgan fingerprint density at radius 3 is 2.67 bits per heavy atom. The van der Waals surface area contributed by atoms with Crippen LogP contribution in [0.3, 0.4) is 0 Å². The zero-order chi connectivity index (χ0) is 13.4. The Hall–Kier alpha value is -0.480. The Labute approximate surface area is 114 Å². The zero-order valence-electron chi connectivity index (χ0n) is 12.7. The number of unbranched alkanes of at least 4 members (excludes halogenated alkanes) is 2. The molecule has 0 heterocycles. The summed E-state index contributed by atoms with van der Waals surface area (Å²) in [6.45, 7) is 9.83. The second-order valence-electron chi connectivity index (χ2n) is 6.13. The summed E-state index contributed by atoms with van der Waals surface area (Å²) in [4.78, 5) is 0. The van der Waals surface area contributed by atoms with E-state index >= 15 is 0 Å². The molecule has 0 aliphatic heterocycles. The molecule has 1 heteroatoms. The van der Waals surface area contributed by atoms with E-state index in [1.165, 1.54) is 32.1 Å². The maximum absolute atomic E-state index is 6.03. The lowest BCUT2D eigenvalue weighted by Crippen LogP contribution is -2.34. The smallest absolute Gasteiger partial charge is 0.108 e. The van der Waals surface area contributed by atoms with Crippen molar-refractivity contribution in [3.8, 4) is 11.8 Å². The van der Waals surface area contributed by atoms with Gasteiger partial charge in [0.2, 0.25) is 0 Å². The van der Waals surface area contributed by atoms with Crippen molar-refractivity contribution in [2.45, 2.75) is 72.3 Å². The molecule has 0 N–H and O–H groups in total. The summed E-state index contributed by atoms with van der Waals surface area (Å²) in [7, 11) is 0. The molecular formula is C17H30O. The minimum absolute atomic E-state index is 0.439. The van der Waals surface area contributed by atoms with Crippen LogP contribution in [0.15, 0.2) is 0 Å². The van der Waals surface area contributed by atoms with Gasteiger partial charge in [-0.2, -0.15) is 0 Å². The second-order valence-corrected chi connectivity index (χ2v) is 6.13. The molecule has 0 aromatic heterocycles. The molecular weight excluding hydrogens is 220 g/mol. The lowest BCUT2D eigenvalue weighted by Gasteiger charge is -2.36. The molecule has 0 saturated heterocycles. The van der Waals surface area contributed by atoms with E-state index < -0.39 is 0 Å². The standard InChI is InChI=1S/C17H30O/c1-5-6-7-8-9-12-18-17-13-15(4)10-11-16(17)14(2)3/h14-17H,5-7,10-13H2,1-4H3/t15-,16+,17-/m1/s1. The first-order chi connectivity index (χ1) is 8.65. The molecule has 18 heavy (non-hydrogen) atoms. The van der Waals surface area contributed by atoms with Gasteiger partial charge in [-0.05, 0) is 37.0 Å². The van der Waals surface area contributed by atoms with Crippen LogP contribution in [0.5, 0.6) is 0 Å². The maximum Gasteiger partial charge on any atom is 0.108 e. The zero-order valence-corrected chi connectivity index (χ0v) is 12.7. The van der Waals surface area contributed by atoms with Gasteiger partial charge in [0.25, 0.3) is 0 Å². The molecule has 0 spiro atoms. The predicted molar refractivity (Wildman–Crippen MR) is 78.4 cm³/mol. The minimum atomic E-state index is 0.439. The van der Waals surface area contributed by atoms with Gasteiger partial charge in [-0.15, -0.1) is 5.92 Å². The average Bonchev–Trinajstić information content (AvgIpc) is 2.33. The Kier molecular flexibility index (Phi) is 7.44. The van der Waals surface area contributed by atoms with Gasteiger partial charge in [0.1, 0.15) is 6.61 Å². The summed E-state index contributed by atoms with van der Waals surface area (Å²) in [5.74, 6) is 8.66. The van der Waals surface area contributed by atoms with E-state index in [2.05, 4.69) is 39.5 Å². The SMILES string of the molecule is CCCCC#CCO[C@@H]1C[C@H](C)CC[C@H]1C(C)C. The van der Waals surface area contributed by atoms with Crippen LogP contribution in [0.1, 0.15) is 66.2 Å². The molecule has 1 saturated carbocycles. The summed E-state index contributed by atoms with van der Waals surface area (Å²) in [6.07, 6.45) is 7.81. The molecule has 0 aromatic carbocycles. The number of ether oxygens (including phenoxy) is 1. The van der Waals surface area contributed by atoms with Crippen molar-refractivity contribution in [2.24, 2.45) is 17.8 Å². The average molecular weight is 250 g/mol. The van der Waals surface area contributed by atoms with Crippen LogP contribution in [0.25, 0.3) is 0 Å².